The fourth-order valence-corrected chi connectivity index (χ4v) is 2.42. The lowest BCUT2D eigenvalue weighted by Gasteiger charge is -2.25. The number of fused-ring (bicyclic) bond motifs is 1. The van der Waals surface area contributed by atoms with Crippen LogP contribution in [0.1, 0.15) is 23.1 Å². The summed E-state index contributed by atoms with van der Waals surface area (Å²) in [7, 11) is 1.81. The average Bonchev–Trinajstić information content (AvgIpc) is 2.29. The molecule has 0 bridgehead atoms. The number of benzene rings is 1. The first-order valence-electron chi connectivity index (χ1n) is 5.67. The van der Waals surface area contributed by atoms with Gasteiger partial charge in [0.2, 0.25) is 0 Å². The summed E-state index contributed by atoms with van der Waals surface area (Å²) in [5, 5.41) is 0. The van der Waals surface area contributed by atoms with Gasteiger partial charge in [-0.05, 0) is 48.9 Å². The Balaban J connectivity index is 2.28. The van der Waals surface area contributed by atoms with Crippen molar-refractivity contribution in [3.63, 3.8) is 0 Å². The van der Waals surface area contributed by atoms with Gasteiger partial charge in [-0.25, -0.2) is 0 Å². The maximum absolute atomic E-state index is 5.63. The first-order chi connectivity index (χ1) is 7.35. The van der Waals surface area contributed by atoms with E-state index in [1.54, 1.807) is 7.11 Å². The topological polar surface area (TPSA) is 35.2 Å². The van der Waals surface area contributed by atoms with Gasteiger partial charge in [-0.3, -0.25) is 0 Å². The summed E-state index contributed by atoms with van der Waals surface area (Å²) < 4.78 is 5.45. The normalized spacial score (nSPS) is 20.0. The van der Waals surface area contributed by atoms with Gasteiger partial charge in [-0.2, -0.15) is 0 Å². The van der Waals surface area contributed by atoms with Crippen LogP contribution in [0.2, 0.25) is 0 Å². The Hall–Kier alpha value is -0.860. The standard InChI is InChI=1S/C13H19NO/c1-15-12-6-5-10-3-2-4-11(7-8-14)13(10)9-12/h2-4,12H,5-9,14H2,1H3/t12-/m1/s1. The van der Waals surface area contributed by atoms with Crippen LogP contribution in [0.3, 0.4) is 0 Å². The number of hydrogen-bond donors (Lipinski definition) is 1. The Labute approximate surface area is 91.4 Å². The quantitative estimate of drug-likeness (QED) is 0.815. The molecule has 15 heavy (non-hydrogen) atoms. The third-order valence-electron chi connectivity index (χ3n) is 3.28. The van der Waals surface area contributed by atoms with Gasteiger partial charge in [0.25, 0.3) is 0 Å². The van der Waals surface area contributed by atoms with Crippen molar-refractivity contribution in [3.8, 4) is 0 Å². The molecule has 2 heteroatoms. The van der Waals surface area contributed by atoms with Gasteiger partial charge in [-0.15, -0.1) is 0 Å². The molecule has 0 spiro atoms. The van der Waals surface area contributed by atoms with Crippen LogP contribution < -0.4 is 5.73 Å². The zero-order chi connectivity index (χ0) is 10.7. The van der Waals surface area contributed by atoms with E-state index in [0.29, 0.717) is 6.10 Å². The zero-order valence-electron chi connectivity index (χ0n) is 9.33. The second-order valence-electron chi connectivity index (χ2n) is 4.19. The van der Waals surface area contributed by atoms with Gasteiger partial charge in [0, 0.05) is 7.11 Å². The predicted octanol–water partition coefficient (Wildman–Crippen LogP) is 1.69. The minimum Gasteiger partial charge on any atom is -0.381 e. The van der Waals surface area contributed by atoms with Gasteiger partial charge in [0.1, 0.15) is 0 Å². The van der Waals surface area contributed by atoms with E-state index < -0.39 is 0 Å². The molecule has 1 aliphatic carbocycles. The number of nitrogens with two attached hydrogens (primary N) is 1. The van der Waals surface area contributed by atoms with Crippen molar-refractivity contribution in [1.29, 1.82) is 0 Å². The van der Waals surface area contributed by atoms with Crippen LogP contribution in [0.4, 0.5) is 0 Å². The van der Waals surface area contributed by atoms with E-state index in [4.69, 9.17) is 10.5 Å². The molecule has 1 aromatic rings. The van der Waals surface area contributed by atoms with E-state index in [1.807, 2.05) is 0 Å². The second kappa shape index (κ2) is 4.77. The molecule has 2 N–H and O–H groups in total. The fraction of sp³-hybridized carbons (Fsp3) is 0.538. The molecule has 1 atom stereocenters. The number of aryl methyl sites for hydroxylation is 1. The van der Waals surface area contributed by atoms with Crippen LogP contribution in [0, 0.1) is 0 Å². The zero-order valence-corrected chi connectivity index (χ0v) is 9.33. The summed E-state index contributed by atoms with van der Waals surface area (Å²) in [5.74, 6) is 0. The fourth-order valence-electron chi connectivity index (χ4n) is 2.42. The SMILES string of the molecule is CO[C@@H]1CCc2cccc(CCN)c2C1. The highest BCUT2D eigenvalue weighted by atomic mass is 16.5. The molecule has 82 valence electrons. The highest BCUT2D eigenvalue weighted by Crippen LogP contribution is 2.26. The molecule has 2 rings (SSSR count). The molecule has 0 aromatic heterocycles. The largest absolute Gasteiger partial charge is 0.381 e. The summed E-state index contributed by atoms with van der Waals surface area (Å²) in [6, 6.07) is 6.59. The molecule has 1 aliphatic rings. The molecular weight excluding hydrogens is 186 g/mol. The molecule has 0 saturated heterocycles. The molecule has 0 saturated carbocycles. The van der Waals surface area contributed by atoms with Crippen LogP contribution >= 0.6 is 0 Å². The third-order valence-corrected chi connectivity index (χ3v) is 3.28. The van der Waals surface area contributed by atoms with Crippen molar-refractivity contribution in [2.24, 2.45) is 5.73 Å². The highest BCUT2D eigenvalue weighted by molar-refractivity contribution is 5.38. The molecule has 2 nitrogen and oxygen atoms in total. The van der Waals surface area contributed by atoms with E-state index in [0.717, 1.165) is 32.2 Å². The molecule has 1 aromatic carbocycles. The Morgan fingerprint density at radius 1 is 1.47 bits per heavy atom. The Bertz CT molecular complexity index is 335. The molecular formula is C13H19NO. The van der Waals surface area contributed by atoms with E-state index in [2.05, 4.69) is 18.2 Å². The number of ether oxygens (including phenoxy) is 1. The Morgan fingerprint density at radius 2 is 2.33 bits per heavy atom. The van der Waals surface area contributed by atoms with Crippen molar-refractivity contribution in [1.82, 2.24) is 0 Å². The van der Waals surface area contributed by atoms with Crippen LogP contribution in [0.25, 0.3) is 0 Å². The van der Waals surface area contributed by atoms with Crippen molar-refractivity contribution in [2.75, 3.05) is 13.7 Å². The van der Waals surface area contributed by atoms with E-state index in [-0.39, 0.29) is 0 Å². The smallest absolute Gasteiger partial charge is 0.0615 e. The molecule has 0 radical (unpaired) electrons. The lowest BCUT2D eigenvalue weighted by molar-refractivity contribution is 0.0909. The Morgan fingerprint density at radius 3 is 3.07 bits per heavy atom. The van der Waals surface area contributed by atoms with E-state index in [1.165, 1.54) is 16.7 Å². The van der Waals surface area contributed by atoms with E-state index >= 15 is 0 Å². The van der Waals surface area contributed by atoms with Gasteiger partial charge in [0.05, 0.1) is 6.10 Å². The monoisotopic (exact) mass is 205 g/mol. The van der Waals surface area contributed by atoms with Gasteiger partial charge in [0.15, 0.2) is 0 Å². The number of methoxy groups -OCH3 is 1. The van der Waals surface area contributed by atoms with Crippen molar-refractivity contribution in [3.05, 3.63) is 34.9 Å². The Kier molecular flexibility index (Phi) is 3.39. The molecule has 0 aliphatic heterocycles. The maximum Gasteiger partial charge on any atom is 0.0615 e. The maximum atomic E-state index is 5.63. The molecule has 0 amide bonds. The van der Waals surface area contributed by atoms with Gasteiger partial charge in [-0.1, -0.05) is 18.2 Å². The lowest BCUT2D eigenvalue weighted by atomic mass is 9.86. The highest BCUT2D eigenvalue weighted by Gasteiger charge is 2.19. The molecule has 0 unspecified atom stereocenters. The van der Waals surface area contributed by atoms with Crippen LogP contribution in [0.5, 0.6) is 0 Å². The summed E-state index contributed by atoms with van der Waals surface area (Å²) in [5.41, 5.74) is 10.0. The summed E-state index contributed by atoms with van der Waals surface area (Å²) in [4.78, 5) is 0. The van der Waals surface area contributed by atoms with Gasteiger partial charge < -0.3 is 10.5 Å². The number of hydrogen-bond acceptors (Lipinski definition) is 2. The third kappa shape index (κ3) is 2.21. The average molecular weight is 205 g/mol. The summed E-state index contributed by atoms with van der Waals surface area (Å²) in [6.45, 7) is 0.730. The van der Waals surface area contributed by atoms with Crippen molar-refractivity contribution in [2.45, 2.75) is 31.8 Å². The van der Waals surface area contributed by atoms with Crippen LogP contribution in [0.15, 0.2) is 18.2 Å². The minimum absolute atomic E-state index is 0.399. The second-order valence-corrected chi connectivity index (χ2v) is 4.19. The molecule has 0 heterocycles. The summed E-state index contributed by atoms with van der Waals surface area (Å²) >= 11 is 0. The molecule has 0 fully saturated rings. The van der Waals surface area contributed by atoms with Crippen molar-refractivity contribution >= 4 is 0 Å². The minimum atomic E-state index is 0.399. The van der Waals surface area contributed by atoms with Gasteiger partial charge >= 0.3 is 0 Å². The van der Waals surface area contributed by atoms with E-state index in [9.17, 15) is 0 Å². The van der Waals surface area contributed by atoms with Crippen LogP contribution in [-0.2, 0) is 24.0 Å². The first kappa shape index (κ1) is 10.7. The predicted molar refractivity (Wildman–Crippen MR) is 62.0 cm³/mol. The lowest BCUT2D eigenvalue weighted by Crippen LogP contribution is -2.22. The first-order valence-corrected chi connectivity index (χ1v) is 5.67. The number of rotatable bonds is 3. The van der Waals surface area contributed by atoms with Crippen LogP contribution in [-0.4, -0.2) is 19.8 Å². The van der Waals surface area contributed by atoms with Crippen molar-refractivity contribution < 1.29 is 4.74 Å². The summed E-state index contributed by atoms with van der Waals surface area (Å²) in [6.07, 6.45) is 4.74.